The van der Waals surface area contributed by atoms with Crippen molar-refractivity contribution in [1.82, 2.24) is 19.6 Å². The quantitative estimate of drug-likeness (QED) is 0.843. The SMILES string of the molecule is CC[C@@H]1CN(C(=O)c2cc(C)n(C)n2)[C@H](CO)[C@@H]1CN1CCC(F)(F)CC1. The zero-order chi connectivity index (χ0) is 19.8. The average molecular weight is 384 g/mol. The molecule has 8 heteroatoms. The van der Waals surface area contributed by atoms with Crippen LogP contribution in [0.15, 0.2) is 6.07 Å². The highest BCUT2D eigenvalue weighted by Crippen LogP contribution is 2.35. The first kappa shape index (κ1) is 20.2. The number of hydrogen-bond donors (Lipinski definition) is 1. The van der Waals surface area contributed by atoms with Gasteiger partial charge >= 0.3 is 0 Å². The first-order chi connectivity index (χ1) is 12.8. The van der Waals surface area contributed by atoms with E-state index in [1.165, 1.54) is 0 Å². The number of likely N-dealkylation sites (tertiary alicyclic amines) is 2. The fourth-order valence-corrected chi connectivity index (χ4v) is 4.41. The lowest BCUT2D eigenvalue weighted by Gasteiger charge is -2.36. The van der Waals surface area contributed by atoms with Gasteiger partial charge in [-0.2, -0.15) is 5.10 Å². The third-order valence-corrected chi connectivity index (χ3v) is 6.29. The summed E-state index contributed by atoms with van der Waals surface area (Å²) in [5.74, 6) is -2.39. The number of piperidine rings is 1. The molecule has 2 fully saturated rings. The summed E-state index contributed by atoms with van der Waals surface area (Å²) in [4.78, 5) is 16.8. The Balaban J connectivity index is 1.73. The highest BCUT2D eigenvalue weighted by molar-refractivity contribution is 5.93. The van der Waals surface area contributed by atoms with Gasteiger partial charge in [-0.25, -0.2) is 8.78 Å². The van der Waals surface area contributed by atoms with E-state index in [-0.39, 0.29) is 43.2 Å². The first-order valence-corrected chi connectivity index (χ1v) is 9.78. The molecule has 1 N–H and O–H groups in total. The van der Waals surface area contributed by atoms with Gasteiger partial charge < -0.3 is 14.9 Å². The second-order valence-electron chi connectivity index (χ2n) is 7.99. The van der Waals surface area contributed by atoms with Gasteiger partial charge in [0.1, 0.15) is 0 Å². The molecular formula is C19H30F2N4O2. The molecule has 3 rings (SSSR count). The predicted molar refractivity (Wildman–Crippen MR) is 97.7 cm³/mol. The number of aromatic nitrogens is 2. The number of nitrogens with zero attached hydrogens (tertiary/aromatic N) is 4. The summed E-state index contributed by atoms with van der Waals surface area (Å²) in [6.07, 6.45) is 0.655. The number of aliphatic hydroxyl groups excluding tert-OH is 1. The molecular weight excluding hydrogens is 354 g/mol. The van der Waals surface area contributed by atoms with Gasteiger partial charge in [-0.05, 0) is 24.8 Å². The summed E-state index contributed by atoms with van der Waals surface area (Å²) < 4.78 is 28.5. The second-order valence-corrected chi connectivity index (χ2v) is 7.99. The Morgan fingerprint density at radius 2 is 2.04 bits per heavy atom. The normalized spacial score (nSPS) is 28.7. The van der Waals surface area contributed by atoms with Crippen molar-refractivity contribution in [3.63, 3.8) is 0 Å². The Bertz CT molecular complexity index is 649. The highest BCUT2D eigenvalue weighted by Gasteiger charge is 2.45. The van der Waals surface area contributed by atoms with Gasteiger partial charge in [-0.1, -0.05) is 13.3 Å². The maximum absolute atomic E-state index is 13.4. The number of aliphatic hydroxyl groups is 1. The molecule has 3 atom stereocenters. The van der Waals surface area contributed by atoms with E-state index in [1.807, 2.05) is 6.92 Å². The number of rotatable bonds is 5. The fraction of sp³-hybridized carbons (Fsp3) is 0.789. The van der Waals surface area contributed by atoms with E-state index in [1.54, 1.807) is 22.7 Å². The number of carbonyl (C=O) groups is 1. The van der Waals surface area contributed by atoms with Gasteiger partial charge in [-0.3, -0.25) is 9.48 Å². The summed E-state index contributed by atoms with van der Waals surface area (Å²) in [6, 6.07) is 1.46. The van der Waals surface area contributed by atoms with Gasteiger partial charge in [0.25, 0.3) is 11.8 Å². The number of alkyl halides is 2. The predicted octanol–water partition coefficient (Wildman–Crippen LogP) is 1.92. The van der Waals surface area contributed by atoms with Gasteiger partial charge in [0.05, 0.1) is 12.6 Å². The molecule has 6 nitrogen and oxygen atoms in total. The van der Waals surface area contributed by atoms with Crippen LogP contribution in [0.25, 0.3) is 0 Å². The van der Waals surface area contributed by atoms with Crippen LogP contribution in [0.5, 0.6) is 0 Å². The molecule has 2 aliphatic rings. The van der Waals surface area contributed by atoms with Crippen molar-refractivity contribution in [2.24, 2.45) is 18.9 Å². The van der Waals surface area contributed by atoms with Crippen molar-refractivity contribution in [1.29, 1.82) is 0 Å². The number of hydrogen-bond acceptors (Lipinski definition) is 4. The van der Waals surface area contributed by atoms with Crippen molar-refractivity contribution in [3.05, 3.63) is 17.5 Å². The average Bonchev–Trinajstić information content (AvgIpc) is 3.16. The Morgan fingerprint density at radius 3 is 2.56 bits per heavy atom. The maximum Gasteiger partial charge on any atom is 0.274 e. The van der Waals surface area contributed by atoms with E-state index < -0.39 is 5.92 Å². The lowest BCUT2D eigenvalue weighted by atomic mass is 9.87. The van der Waals surface area contributed by atoms with Crippen LogP contribution in [0.3, 0.4) is 0 Å². The van der Waals surface area contributed by atoms with Crippen molar-refractivity contribution in [3.8, 4) is 0 Å². The van der Waals surface area contributed by atoms with Crippen LogP contribution in [0.4, 0.5) is 8.78 Å². The fourth-order valence-electron chi connectivity index (χ4n) is 4.41. The van der Waals surface area contributed by atoms with Crippen LogP contribution in [-0.2, 0) is 7.05 Å². The summed E-state index contributed by atoms with van der Waals surface area (Å²) in [6.45, 7) is 5.80. The third-order valence-electron chi connectivity index (χ3n) is 6.29. The van der Waals surface area contributed by atoms with Crippen molar-refractivity contribution in [2.45, 2.75) is 45.1 Å². The topological polar surface area (TPSA) is 61.6 Å². The molecule has 0 radical (unpaired) electrons. The summed E-state index contributed by atoms with van der Waals surface area (Å²) in [7, 11) is 1.80. The first-order valence-electron chi connectivity index (χ1n) is 9.78. The molecule has 152 valence electrons. The van der Waals surface area contributed by atoms with E-state index in [0.717, 1.165) is 12.1 Å². The van der Waals surface area contributed by atoms with Gasteiger partial charge in [-0.15, -0.1) is 0 Å². The molecule has 0 aromatic carbocycles. The Morgan fingerprint density at radius 1 is 1.37 bits per heavy atom. The number of aryl methyl sites for hydroxylation is 2. The minimum absolute atomic E-state index is 0.0838. The van der Waals surface area contributed by atoms with Crippen LogP contribution in [0.2, 0.25) is 0 Å². The van der Waals surface area contributed by atoms with Crippen molar-refractivity contribution in [2.75, 3.05) is 32.8 Å². The number of amides is 1. The molecule has 2 saturated heterocycles. The lowest BCUT2D eigenvalue weighted by molar-refractivity contribution is -0.0591. The number of halogens is 2. The smallest absolute Gasteiger partial charge is 0.274 e. The molecule has 27 heavy (non-hydrogen) atoms. The molecule has 0 spiro atoms. The monoisotopic (exact) mass is 384 g/mol. The Kier molecular flexibility index (Phi) is 5.86. The summed E-state index contributed by atoms with van der Waals surface area (Å²) in [5.41, 5.74) is 1.29. The molecule has 0 unspecified atom stereocenters. The Labute approximate surface area is 159 Å². The van der Waals surface area contributed by atoms with Gasteiger partial charge in [0.15, 0.2) is 5.69 Å². The van der Waals surface area contributed by atoms with E-state index in [0.29, 0.717) is 31.9 Å². The third kappa shape index (κ3) is 4.16. The highest BCUT2D eigenvalue weighted by atomic mass is 19.3. The molecule has 3 heterocycles. The molecule has 1 amide bonds. The van der Waals surface area contributed by atoms with E-state index in [4.69, 9.17) is 0 Å². The lowest BCUT2D eigenvalue weighted by Crippen LogP contribution is -2.46. The molecule has 2 aliphatic heterocycles. The summed E-state index contributed by atoms with van der Waals surface area (Å²) in [5, 5.41) is 14.3. The van der Waals surface area contributed by atoms with Crippen molar-refractivity contribution < 1.29 is 18.7 Å². The van der Waals surface area contributed by atoms with Crippen LogP contribution in [-0.4, -0.2) is 75.3 Å². The zero-order valence-corrected chi connectivity index (χ0v) is 16.4. The van der Waals surface area contributed by atoms with Crippen molar-refractivity contribution >= 4 is 5.91 Å². The van der Waals surface area contributed by atoms with Crippen LogP contribution < -0.4 is 0 Å². The largest absolute Gasteiger partial charge is 0.394 e. The standard InChI is InChI=1S/C19H30F2N4O2/c1-4-14-10-25(18(27)16-9-13(2)23(3)22-16)17(12-26)15(14)11-24-7-5-19(20,21)6-8-24/h9,14-15,17,26H,4-8,10-12H2,1-3H3/t14-,15-,17-/m1/s1. The molecule has 0 bridgehead atoms. The van der Waals surface area contributed by atoms with E-state index >= 15 is 0 Å². The molecule has 0 aliphatic carbocycles. The second kappa shape index (κ2) is 7.83. The van der Waals surface area contributed by atoms with Gasteiger partial charge in [0, 0.05) is 51.8 Å². The Hall–Kier alpha value is -1.54. The van der Waals surface area contributed by atoms with Crippen LogP contribution in [0, 0.1) is 18.8 Å². The zero-order valence-electron chi connectivity index (χ0n) is 16.4. The van der Waals surface area contributed by atoms with Gasteiger partial charge in [0.2, 0.25) is 0 Å². The summed E-state index contributed by atoms with van der Waals surface area (Å²) >= 11 is 0. The van der Waals surface area contributed by atoms with Crippen LogP contribution in [0.1, 0.15) is 42.4 Å². The molecule has 1 aromatic rings. The van der Waals surface area contributed by atoms with Crippen LogP contribution >= 0.6 is 0 Å². The minimum Gasteiger partial charge on any atom is -0.394 e. The van der Waals surface area contributed by atoms with E-state index in [2.05, 4.69) is 16.9 Å². The van der Waals surface area contributed by atoms with E-state index in [9.17, 15) is 18.7 Å². The maximum atomic E-state index is 13.4. The number of carbonyl (C=O) groups excluding carboxylic acids is 1. The molecule has 1 aromatic heterocycles. The molecule has 0 saturated carbocycles. The minimum atomic E-state index is -2.56.